The molecule has 1 aromatic heterocycles. The van der Waals surface area contributed by atoms with Crippen molar-refractivity contribution in [1.29, 1.82) is 0 Å². The van der Waals surface area contributed by atoms with Gasteiger partial charge in [-0.05, 0) is 12.5 Å². The van der Waals surface area contributed by atoms with Crippen molar-refractivity contribution in [1.82, 2.24) is 9.55 Å². The van der Waals surface area contributed by atoms with Gasteiger partial charge in [-0.1, -0.05) is 13.8 Å². The quantitative estimate of drug-likeness (QED) is 0.854. The number of rotatable bonds is 3. The molecule has 1 aromatic rings. The van der Waals surface area contributed by atoms with Crippen molar-refractivity contribution in [3.63, 3.8) is 0 Å². The maximum atomic E-state index is 12.0. The Bertz CT molecular complexity index is 477. The van der Waals surface area contributed by atoms with Crippen LogP contribution in [0.15, 0.2) is 17.1 Å². The molecule has 1 aliphatic rings. The monoisotopic (exact) mass is 339 g/mol. The smallest absolute Gasteiger partial charge is 0.349 e. The topological polar surface area (TPSA) is 56.1 Å². The first-order chi connectivity index (χ1) is 8.58. The molecule has 0 amide bonds. The predicted octanol–water partition coefficient (Wildman–Crippen LogP) is 1.82. The van der Waals surface area contributed by atoms with Gasteiger partial charge in [0, 0.05) is 58.3 Å². The van der Waals surface area contributed by atoms with Crippen LogP contribution in [0.25, 0.3) is 0 Å². The number of nitrogens with zero attached hydrogens (tertiary/aromatic N) is 2. The Balaban J connectivity index is 0.00000180. The summed E-state index contributed by atoms with van der Waals surface area (Å²) in [5, 5.41) is 2.85. The van der Waals surface area contributed by atoms with E-state index in [1.165, 1.54) is 5.92 Å². The van der Waals surface area contributed by atoms with Crippen LogP contribution in [0, 0.1) is 11.8 Å². The Labute approximate surface area is 139 Å². The molecular weight excluding hydrogens is 319 g/mol. The minimum absolute atomic E-state index is 0. The van der Waals surface area contributed by atoms with E-state index in [0.29, 0.717) is 11.7 Å². The molecule has 1 radical (unpaired) electrons. The molecule has 19 heavy (non-hydrogen) atoms. The first-order valence-corrected chi connectivity index (χ1v) is 6.34. The van der Waals surface area contributed by atoms with E-state index >= 15 is 0 Å². The maximum absolute atomic E-state index is 12.0. The van der Waals surface area contributed by atoms with Gasteiger partial charge >= 0.3 is 5.69 Å². The van der Waals surface area contributed by atoms with E-state index in [0.717, 1.165) is 6.42 Å². The van der Waals surface area contributed by atoms with Crippen molar-refractivity contribution in [2.24, 2.45) is 5.92 Å². The second-order valence-electron chi connectivity index (χ2n) is 4.72. The summed E-state index contributed by atoms with van der Waals surface area (Å²) < 4.78 is 7.50. The Hall–Kier alpha value is -0.256. The van der Waals surface area contributed by atoms with Crippen molar-refractivity contribution >= 4 is 5.82 Å². The molecule has 0 unspecified atom stereocenters. The van der Waals surface area contributed by atoms with Gasteiger partial charge in [0.15, 0.2) is 0 Å². The van der Waals surface area contributed by atoms with E-state index in [-0.39, 0.29) is 50.7 Å². The standard InChI is InChI=1S/C13H20N3O2.Y/c1-5-10-8(2)9(3)12(18-10)16-7-6-11(14-4)15-13(16)17;/h6-8,10,12H,5H2,1-4H3,(H,14,15,17);/q-1;/t8-,10+,12+;/m0./s1. The molecule has 1 aliphatic heterocycles. The van der Waals surface area contributed by atoms with Crippen LogP contribution >= 0.6 is 0 Å². The van der Waals surface area contributed by atoms with E-state index in [9.17, 15) is 4.79 Å². The molecule has 0 bridgehead atoms. The van der Waals surface area contributed by atoms with Crippen molar-refractivity contribution < 1.29 is 37.4 Å². The second-order valence-corrected chi connectivity index (χ2v) is 4.72. The summed E-state index contributed by atoms with van der Waals surface area (Å²) in [5.41, 5.74) is -0.282. The van der Waals surface area contributed by atoms with Crippen molar-refractivity contribution in [2.45, 2.75) is 39.5 Å². The molecule has 1 saturated heterocycles. The van der Waals surface area contributed by atoms with Gasteiger partial charge in [-0.3, -0.25) is 5.92 Å². The number of ether oxygens (including phenoxy) is 1. The summed E-state index contributed by atoms with van der Waals surface area (Å²) in [6, 6.07) is 1.78. The molecule has 0 spiro atoms. The summed E-state index contributed by atoms with van der Waals surface area (Å²) in [6.45, 7) is 6.29. The molecule has 5 nitrogen and oxygen atoms in total. The summed E-state index contributed by atoms with van der Waals surface area (Å²) in [7, 11) is 1.74. The van der Waals surface area contributed by atoms with Crippen LogP contribution in [0.3, 0.4) is 0 Å². The number of nitrogens with one attached hydrogen (secondary N) is 1. The van der Waals surface area contributed by atoms with Crippen molar-refractivity contribution in [3.05, 3.63) is 28.7 Å². The molecule has 2 heterocycles. The average molecular weight is 339 g/mol. The van der Waals surface area contributed by atoms with E-state index in [4.69, 9.17) is 4.74 Å². The van der Waals surface area contributed by atoms with Crippen LogP contribution in [0.1, 0.15) is 33.4 Å². The third-order valence-electron chi connectivity index (χ3n) is 3.71. The number of hydrogen-bond donors (Lipinski definition) is 1. The van der Waals surface area contributed by atoms with E-state index < -0.39 is 0 Å². The molecule has 2 rings (SSSR count). The zero-order valence-corrected chi connectivity index (χ0v) is 14.7. The largest absolute Gasteiger partial charge is 0.388 e. The van der Waals surface area contributed by atoms with Gasteiger partial charge in [-0.2, -0.15) is 11.9 Å². The van der Waals surface area contributed by atoms with Gasteiger partial charge in [0.2, 0.25) is 0 Å². The molecule has 1 fully saturated rings. The SMILES string of the molecule is CC[C@H]1O[C@@H](n2ccc(NC)nc2=O)[C-](C)[C@@H]1C.[Y]. The van der Waals surface area contributed by atoms with Gasteiger partial charge in [0.1, 0.15) is 5.82 Å². The number of hydrogen-bond acceptors (Lipinski definition) is 4. The Morgan fingerprint density at radius 3 is 2.74 bits per heavy atom. The molecule has 103 valence electrons. The van der Waals surface area contributed by atoms with E-state index in [2.05, 4.69) is 24.1 Å². The van der Waals surface area contributed by atoms with Crippen LogP contribution < -0.4 is 11.0 Å². The van der Waals surface area contributed by atoms with Crippen LogP contribution in [0.2, 0.25) is 0 Å². The van der Waals surface area contributed by atoms with Crippen LogP contribution in [0.4, 0.5) is 5.82 Å². The normalized spacial score (nSPS) is 27.1. The molecule has 0 aromatic carbocycles. The summed E-state index contributed by atoms with van der Waals surface area (Å²) in [5.74, 6) is 2.13. The predicted molar refractivity (Wildman–Crippen MR) is 70.3 cm³/mol. The molecular formula is C13H20N3O2Y-. The maximum Gasteiger partial charge on any atom is 0.349 e. The minimum Gasteiger partial charge on any atom is -0.388 e. The number of aromatic nitrogens is 2. The van der Waals surface area contributed by atoms with Crippen molar-refractivity contribution in [2.75, 3.05) is 12.4 Å². The Kier molecular flexibility index (Phi) is 6.15. The zero-order chi connectivity index (χ0) is 13.3. The second kappa shape index (κ2) is 6.96. The minimum atomic E-state index is -0.282. The van der Waals surface area contributed by atoms with Gasteiger partial charge in [-0.25, -0.2) is 4.79 Å². The summed E-state index contributed by atoms with van der Waals surface area (Å²) in [6.07, 6.45) is 2.59. The van der Waals surface area contributed by atoms with Crippen molar-refractivity contribution in [3.8, 4) is 0 Å². The molecule has 6 heteroatoms. The first-order valence-electron chi connectivity index (χ1n) is 6.34. The Morgan fingerprint density at radius 2 is 2.26 bits per heavy atom. The van der Waals surface area contributed by atoms with Gasteiger partial charge in [0.05, 0.1) is 0 Å². The number of anilines is 1. The van der Waals surface area contributed by atoms with Gasteiger partial charge in [0.25, 0.3) is 0 Å². The molecule has 1 N–H and O–H groups in total. The first kappa shape index (κ1) is 16.8. The summed E-state index contributed by atoms with van der Waals surface area (Å²) in [4.78, 5) is 15.9. The van der Waals surface area contributed by atoms with Crippen LogP contribution in [-0.4, -0.2) is 22.7 Å². The molecule has 0 saturated carbocycles. The molecule has 0 aliphatic carbocycles. The zero-order valence-electron chi connectivity index (χ0n) is 11.9. The Morgan fingerprint density at radius 1 is 1.58 bits per heavy atom. The van der Waals surface area contributed by atoms with E-state index in [1.807, 2.05) is 6.92 Å². The molecule has 3 atom stereocenters. The average Bonchev–Trinajstić information content (AvgIpc) is 2.66. The fourth-order valence-electron chi connectivity index (χ4n) is 2.37. The third kappa shape index (κ3) is 3.26. The van der Waals surface area contributed by atoms with Crippen LogP contribution in [-0.2, 0) is 37.4 Å². The van der Waals surface area contributed by atoms with Gasteiger partial charge < -0.3 is 14.6 Å². The fraction of sp³-hybridized carbons (Fsp3) is 0.615. The summed E-state index contributed by atoms with van der Waals surface area (Å²) >= 11 is 0. The fourth-order valence-corrected chi connectivity index (χ4v) is 2.37. The van der Waals surface area contributed by atoms with Gasteiger partial charge in [-0.15, -0.1) is 5.92 Å². The third-order valence-corrected chi connectivity index (χ3v) is 3.71. The van der Waals surface area contributed by atoms with Crippen LogP contribution in [0.5, 0.6) is 0 Å². The van der Waals surface area contributed by atoms with E-state index in [1.54, 1.807) is 23.9 Å².